The molecular weight excluding hydrogens is 216 g/mol. The minimum Gasteiger partial charge on any atom is -0.373 e. The van der Waals surface area contributed by atoms with Crippen LogP contribution in [0.3, 0.4) is 0 Å². The van der Waals surface area contributed by atoms with Crippen LogP contribution in [0, 0.1) is 0 Å². The van der Waals surface area contributed by atoms with Crippen LogP contribution in [-0.2, 0) is 17.9 Å². The first-order valence-corrected chi connectivity index (χ1v) is 6.48. The molecule has 1 rings (SSSR count). The Labute approximate surface area is 104 Å². The van der Waals surface area contributed by atoms with Crippen molar-refractivity contribution in [1.82, 2.24) is 10.5 Å². The Kier molecular flexibility index (Phi) is 6.89. The van der Waals surface area contributed by atoms with Crippen LogP contribution >= 0.6 is 0 Å². The Bertz CT molecular complexity index is 297. The average molecular weight is 240 g/mol. The number of aromatic nitrogens is 1. The second-order valence-electron chi connectivity index (χ2n) is 4.58. The highest BCUT2D eigenvalue weighted by atomic mass is 16.5. The van der Waals surface area contributed by atoms with E-state index in [0.717, 1.165) is 31.0 Å². The van der Waals surface area contributed by atoms with Crippen molar-refractivity contribution in [2.45, 2.75) is 59.2 Å². The normalized spacial score (nSPS) is 11.3. The fourth-order valence-corrected chi connectivity index (χ4v) is 1.44. The second-order valence-corrected chi connectivity index (χ2v) is 4.58. The molecule has 98 valence electrons. The minimum absolute atomic E-state index is 0.459. The van der Waals surface area contributed by atoms with Crippen molar-refractivity contribution in [2.24, 2.45) is 0 Å². The van der Waals surface area contributed by atoms with Crippen LogP contribution in [0.2, 0.25) is 0 Å². The van der Waals surface area contributed by atoms with E-state index < -0.39 is 0 Å². The standard InChI is InChI=1S/C13H24N2O2/c1-4-5-6-7-16-10-13-8-12(15-17-13)9-14-11(2)3/h8,11,14H,4-7,9-10H2,1-3H3. The van der Waals surface area contributed by atoms with E-state index in [9.17, 15) is 0 Å². The third-order valence-corrected chi connectivity index (χ3v) is 2.44. The maximum absolute atomic E-state index is 5.51. The molecule has 4 heteroatoms. The summed E-state index contributed by atoms with van der Waals surface area (Å²) in [4.78, 5) is 0. The highest BCUT2D eigenvalue weighted by molar-refractivity contribution is 5.04. The lowest BCUT2D eigenvalue weighted by Gasteiger charge is -2.03. The summed E-state index contributed by atoms with van der Waals surface area (Å²) in [6.07, 6.45) is 3.56. The lowest BCUT2D eigenvalue weighted by atomic mass is 10.3. The molecule has 0 aliphatic heterocycles. The monoisotopic (exact) mass is 240 g/mol. The third-order valence-electron chi connectivity index (χ3n) is 2.44. The summed E-state index contributed by atoms with van der Waals surface area (Å²) >= 11 is 0. The largest absolute Gasteiger partial charge is 0.373 e. The average Bonchev–Trinajstić information content (AvgIpc) is 2.74. The molecule has 0 unspecified atom stereocenters. The van der Waals surface area contributed by atoms with E-state index in [1.165, 1.54) is 12.8 Å². The van der Waals surface area contributed by atoms with E-state index in [1.807, 2.05) is 6.07 Å². The van der Waals surface area contributed by atoms with Gasteiger partial charge in [0.05, 0.1) is 5.69 Å². The van der Waals surface area contributed by atoms with Gasteiger partial charge in [0.25, 0.3) is 0 Å². The van der Waals surface area contributed by atoms with Crippen molar-refractivity contribution < 1.29 is 9.26 Å². The first-order chi connectivity index (χ1) is 8.22. The number of ether oxygens (including phenoxy) is 1. The Balaban J connectivity index is 2.17. The van der Waals surface area contributed by atoms with E-state index in [2.05, 4.69) is 31.2 Å². The molecule has 0 amide bonds. The highest BCUT2D eigenvalue weighted by Crippen LogP contribution is 2.06. The molecule has 0 aliphatic carbocycles. The summed E-state index contributed by atoms with van der Waals surface area (Å²) in [6, 6.07) is 2.41. The van der Waals surface area contributed by atoms with Crippen LogP contribution in [0.4, 0.5) is 0 Å². The molecule has 0 saturated carbocycles. The lowest BCUT2D eigenvalue weighted by molar-refractivity contribution is 0.0978. The molecule has 0 bridgehead atoms. The summed E-state index contributed by atoms with van der Waals surface area (Å²) in [6.45, 7) is 8.48. The molecule has 0 spiro atoms. The molecule has 1 N–H and O–H groups in total. The Morgan fingerprint density at radius 3 is 2.94 bits per heavy atom. The van der Waals surface area contributed by atoms with Crippen molar-refractivity contribution in [3.8, 4) is 0 Å². The predicted octanol–water partition coefficient (Wildman–Crippen LogP) is 2.88. The van der Waals surface area contributed by atoms with Crippen LogP contribution in [0.25, 0.3) is 0 Å². The molecule has 0 radical (unpaired) electrons. The highest BCUT2D eigenvalue weighted by Gasteiger charge is 2.04. The van der Waals surface area contributed by atoms with Gasteiger partial charge in [-0.05, 0) is 6.42 Å². The molecule has 1 heterocycles. The first-order valence-electron chi connectivity index (χ1n) is 6.48. The molecular formula is C13H24N2O2. The summed E-state index contributed by atoms with van der Waals surface area (Å²) in [5.74, 6) is 0.807. The van der Waals surface area contributed by atoms with E-state index in [-0.39, 0.29) is 0 Å². The van der Waals surface area contributed by atoms with Crippen LogP contribution in [0.15, 0.2) is 10.6 Å². The van der Waals surface area contributed by atoms with Crippen LogP contribution in [-0.4, -0.2) is 17.8 Å². The quantitative estimate of drug-likeness (QED) is 0.674. The molecule has 0 aliphatic rings. The molecule has 0 atom stereocenters. The van der Waals surface area contributed by atoms with Crippen molar-refractivity contribution >= 4 is 0 Å². The number of unbranched alkanes of at least 4 members (excludes halogenated alkanes) is 2. The van der Waals surface area contributed by atoms with E-state index >= 15 is 0 Å². The summed E-state index contributed by atoms with van der Waals surface area (Å²) in [5, 5.41) is 7.28. The number of hydrogen-bond acceptors (Lipinski definition) is 4. The fourth-order valence-electron chi connectivity index (χ4n) is 1.44. The number of hydrogen-bond donors (Lipinski definition) is 1. The molecule has 17 heavy (non-hydrogen) atoms. The summed E-state index contributed by atoms with van der Waals surface area (Å²) in [5.41, 5.74) is 0.936. The van der Waals surface area contributed by atoms with Gasteiger partial charge in [0, 0.05) is 25.3 Å². The predicted molar refractivity (Wildman–Crippen MR) is 67.7 cm³/mol. The maximum Gasteiger partial charge on any atom is 0.162 e. The number of nitrogens with one attached hydrogen (secondary N) is 1. The molecule has 1 aromatic heterocycles. The van der Waals surface area contributed by atoms with E-state index in [0.29, 0.717) is 12.6 Å². The minimum atomic E-state index is 0.459. The second kappa shape index (κ2) is 8.25. The Morgan fingerprint density at radius 2 is 2.24 bits per heavy atom. The number of nitrogens with zero attached hydrogens (tertiary/aromatic N) is 1. The fraction of sp³-hybridized carbons (Fsp3) is 0.769. The van der Waals surface area contributed by atoms with Crippen molar-refractivity contribution in [1.29, 1.82) is 0 Å². The molecule has 0 fully saturated rings. The molecule has 1 aromatic rings. The molecule has 0 saturated heterocycles. The van der Waals surface area contributed by atoms with Crippen LogP contribution in [0.1, 0.15) is 51.5 Å². The van der Waals surface area contributed by atoms with Gasteiger partial charge in [-0.3, -0.25) is 0 Å². The maximum atomic E-state index is 5.51. The SMILES string of the molecule is CCCCCOCc1cc(CNC(C)C)no1. The summed E-state index contributed by atoms with van der Waals surface area (Å²) < 4.78 is 10.7. The van der Waals surface area contributed by atoms with Gasteiger partial charge in [-0.2, -0.15) is 0 Å². The van der Waals surface area contributed by atoms with E-state index in [1.54, 1.807) is 0 Å². The zero-order chi connectivity index (χ0) is 12.5. The van der Waals surface area contributed by atoms with Gasteiger partial charge in [-0.15, -0.1) is 0 Å². The Morgan fingerprint density at radius 1 is 1.41 bits per heavy atom. The van der Waals surface area contributed by atoms with Crippen LogP contribution < -0.4 is 5.32 Å². The van der Waals surface area contributed by atoms with Gasteiger partial charge in [-0.25, -0.2) is 0 Å². The van der Waals surface area contributed by atoms with Gasteiger partial charge in [0.1, 0.15) is 6.61 Å². The smallest absolute Gasteiger partial charge is 0.162 e. The lowest BCUT2D eigenvalue weighted by Crippen LogP contribution is -2.21. The summed E-state index contributed by atoms with van der Waals surface area (Å²) in [7, 11) is 0. The topological polar surface area (TPSA) is 47.3 Å². The van der Waals surface area contributed by atoms with E-state index in [4.69, 9.17) is 9.26 Å². The van der Waals surface area contributed by atoms with Gasteiger partial charge in [0.15, 0.2) is 5.76 Å². The zero-order valence-electron chi connectivity index (χ0n) is 11.2. The van der Waals surface area contributed by atoms with Crippen molar-refractivity contribution in [3.05, 3.63) is 17.5 Å². The van der Waals surface area contributed by atoms with Gasteiger partial charge < -0.3 is 14.6 Å². The van der Waals surface area contributed by atoms with Crippen LogP contribution in [0.5, 0.6) is 0 Å². The van der Waals surface area contributed by atoms with Crippen molar-refractivity contribution in [3.63, 3.8) is 0 Å². The van der Waals surface area contributed by atoms with Gasteiger partial charge in [-0.1, -0.05) is 38.8 Å². The van der Waals surface area contributed by atoms with Gasteiger partial charge in [0.2, 0.25) is 0 Å². The van der Waals surface area contributed by atoms with Crippen molar-refractivity contribution in [2.75, 3.05) is 6.61 Å². The third kappa shape index (κ3) is 6.44. The molecule has 0 aromatic carbocycles. The Hall–Kier alpha value is -0.870. The number of rotatable bonds is 9. The first kappa shape index (κ1) is 14.2. The molecule has 4 nitrogen and oxygen atoms in total. The van der Waals surface area contributed by atoms with Gasteiger partial charge >= 0.3 is 0 Å². The zero-order valence-corrected chi connectivity index (χ0v) is 11.2.